The van der Waals surface area contributed by atoms with Gasteiger partial charge in [-0.1, -0.05) is 36.8 Å². The number of hydrogen-bond donors (Lipinski definition) is 2. The van der Waals surface area contributed by atoms with Gasteiger partial charge in [0.2, 0.25) is 5.91 Å². The number of carbonyl (C=O) groups is 3. The highest BCUT2D eigenvalue weighted by Crippen LogP contribution is 2.35. The molecule has 2 fully saturated rings. The number of anilines is 3. The van der Waals surface area contributed by atoms with Gasteiger partial charge in [-0.3, -0.25) is 19.4 Å². The number of rotatable bonds is 11. The number of amides is 2. The van der Waals surface area contributed by atoms with Crippen molar-refractivity contribution in [2.75, 3.05) is 47.8 Å². The van der Waals surface area contributed by atoms with E-state index >= 15 is 0 Å². The fourth-order valence-corrected chi connectivity index (χ4v) is 5.94. The van der Waals surface area contributed by atoms with Crippen LogP contribution in [0, 0.1) is 5.92 Å². The molecular weight excluding hydrogens is 580 g/mol. The number of carboxylic acid groups (broad SMARTS) is 1. The Kier molecular flexibility index (Phi) is 9.52. The molecule has 10 heteroatoms. The number of hydrogen-bond acceptors (Lipinski definition) is 7. The lowest BCUT2D eigenvalue weighted by molar-refractivity contribution is -0.137. The van der Waals surface area contributed by atoms with Gasteiger partial charge in [-0.25, -0.2) is 4.98 Å². The summed E-state index contributed by atoms with van der Waals surface area (Å²) in [6, 6.07) is 23.4. The molecule has 10 nitrogen and oxygen atoms in total. The summed E-state index contributed by atoms with van der Waals surface area (Å²) in [5, 5.41) is 12.6. The van der Waals surface area contributed by atoms with Gasteiger partial charge in [0, 0.05) is 63.8 Å². The Bertz CT molecular complexity index is 1670. The van der Waals surface area contributed by atoms with E-state index in [9.17, 15) is 19.5 Å². The highest BCUT2D eigenvalue weighted by atomic mass is 16.4. The van der Waals surface area contributed by atoms with Crippen molar-refractivity contribution < 1.29 is 19.5 Å². The number of aromatic nitrogens is 2. The molecule has 46 heavy (non-hydrogen) atoms. The van der Waals surface area contributed by atoms with E-state index in [1.165, 1.54) is 6.20 Å². The molecule has 2 N–H and O–H groups in total. The van der Waals surface area contributed by atoms with Crippen LogP contribution in [-0.2, 0) is 16.1 Å². The van der Waals surface area contributed by atoms with Crippen molar-refractivity contribution in [1.29, 1.82) is 0 Å². The first-order valence-corrected chi connectivity index (χ1v) is 15.8. The minimum absolute atomic E-state index is 0.0509. The Morgan fingerprint density at radius 3 is 2.37 bits per heavy atom. The predicted molar refractivity (Wildman–Crippen MR) is 178 cm³/mol. The van der Waals surface area contributed by atoms with Crippen LogP contribution in [0.15, 0.2) is 91.4 Å². The lowest BCUT2D eigenvalue weighted by Gasteiger charge is -2.37. The molecule has 0 radical (unpaired) electrons. The quantitative estimate of drug-likeness (QED) is 0.232. The molecule has 0 unspecified atom stereocenters. The van der Waals surface area contributed by atoms with Crippen molar-refractivity contribution >= 4 is 35.0 Å². The highest BCUT2D eigenvalue weighted by molar-refractivity contribution is 5.97. The van der Waals surface area contributed by atoms with E-state index in [1.54, 1.807) is 23.2 Å². The molecule has 6 rings (SSSR count). The number of piperazine rings is 1. The van der Waals surface area contributed by atoms with Gasteiger partial charge >= 0.3 is 5.97 Å². The van der Waals surface area contributed by atoms with Crippen LogP contribution in [0.5, 0.6) is 0 Å². The number of benzene rings is 2. The fraction of sp³-hybridized carbons (Fsp3) is 0.306. The first kappa shape index (κ1) is 30.8. The van der Waals surface area contributed by atoms with Gasteiger partial charge in [-0.15, -0.1) is 0 Å². The molecule has 2 aliphatic rings. The van der Waals surface area contributed by atoms with Crippen LogP contribution >= 0.6 is 0 Å². The summed E-state index contributed by atoms with van der Waals surface area (Å²) in [5.74, 6) is -0.149. The van der Waals surface area contributed by atoms with Crippen molar-refractivity contribution in [3.63, 3.8) is 0 Å². The maximum Gasteiger partial charge on any atom is 0.305 e. The second-order valence-corrected chi connectivity index (χ2v) is 11.8. The molecule has 2 aromatic carbocycles. The van der Waals surface area contributed by atoms with E-state index in [2.05, 4.69) is 37.2 Å². The number of pyridine rings is 2. The lowest BCUT2D eigenvalue weighted by atomic mass is 9.85. The summed E-state index contributed by atoms with van der Waals surface area (Å²) in [6.45, 7) is 3.58. The van der Waals surface area contributed by atoms with Crippen molar-refractivity contribution in [2.45, 2.75) is 32.2 Å². The van der Waals surface area contributed by atoms with Crippen molar-refractivity contribution in [3.8, 4) is 11.1 Å². The first-order chi connectivity index (χ1) is 22.4. The molecule has 0 atom stereocenters. The van der Waals surface area contributed by atoms with Crippen molar-refractivity contribution in [2.24, 2.45) is 5.92 Å². The largest absolute Gasteiger partial charge is 0.481 e. The van der Waals surface area contributed by atoms with E-state index in [1.807, 2.05) is 54.7 Å². The van der Waals surface area contributed by atoms with Gasteiger partial charge in [0.25, 0.3) is 5.91 Å². The second kappa shape index (κ2) is 14.2. The van der Waals surface area contributed by atoms with Gasteiger partial charge in [-0.2, -0.15) is 0 Å². The molecule has 1 aliphatic carbocycles. The number of carbonyl (C=O) groups excluding carboxylic acids is 2. The molecule has 4 aromatic rings. The molecule has 1 saturated carbocycles. The second-order valence-electron chi connectivity index (χ2n) is 11.8. The van der Waals surface area contributed by atoms with E-state index in [4.69, 9.17) is 0 Å². The Labute approximate surface area is 268 Å². The monoisotopic (exact) mass is 618 g/mol. The van der Waals surface area contributed by atoms with E-state index in [0.717, 1.165) is 79.3 Å². The van der Waals surface area contributed by atoms with Crippen LogP contribution in [0.1, 0.15) is 41.6 Å². The zero-order valence-electron chi connectivity index (χ0n) is 25.7. The van der Waals surface area contributed by atoms with Crippen LogP contribution in [0.25, 0.3) is 11.1 Å². The third-order valence-electron chi connectivity index (χ3n) is 8.75. The highest BCUT2D eigenvalue weighted by Gasteiger charge is 2.27. The van der Waals surface area contributed by atoms with Crippen molar-refractivity contribution in [3.05, 3.63) is 103 Å². The Balaban J connectivity index is 1.24. The third-order valence-corrected chi connectivity index (χ3v) is 8.75. The maximum absolute atomic E-state index is 13.3. The summed E-state index contributed by atoms with van der Waals surface area (Å²) in [6.07, 6.45) is 7.66. The molecule has 2 aromatic heterocycles. The van der Waals surface area contributed by atoms with Crippen LogP contribution in [0.3, 0.4) is 0 Å². The molecule has 0 spiro atoms. The molecule has 2 amide bonds. The summed E-state index contributed by atoms with van der Waals surface area (Å²) in [4.78, 5) is 52.5. The summed E-state index contributed by atoms with van der Waals surface area (Å²) in [5.41, 5.74) is 4.95. The van der Waals surface area contributed by atoms with Crippen LogP contribution < -0.4 is 15.1 Å². The van der Waals surface area contributed by atoms with E-state index in [0.29, 0.717) is 5.56 Å². The number of nitrogens with zero attached hydrogens (tertiary/aromatic N) is 5. The van der Waals surface area contributed by atoms with Gasteiger partial charge in [0.05, 0.1) is 23.4 Å². The topological polar surface area (TPSA) is 119 Å². The fourth-order valence-electron chi connectivity index (χ4n) is 5.94. The zero-order valence-corrected chi connectivity index (χ0v) is 25.7. The normalized spacial score (nSPS) is 14.8. The Morgan fingerprint density at radius 1 is 0.870 bits per heavy atom. The maximum atomic E-state index is 13.3. The Morgan fingerprint density at radius 2 is 1.67 bits per heavy atom. The summed E-state index contributed by atoms with van der Waals surface area (Å²) >= 11 is 0. The summed E-state index contributed by atoms with van der Waals surface area (Å²) in [7, 11) is 0. The number of nitrogens with one attached hydrogen (secondary N) is 1. The third kappa shape index (κ3) is 7.34. The van der Waals surface area contributed by atoms with Gasteiger partial charge in [-0.05, 0) is 72.0 Å². The minimum atomic E-state index is -0.965. The van der Waals surface area contributed by atoms with Crippen molar-refractivity contribution in [1.82, 2.24) is 14.9 Å². The summed E-state index contributed by atoms with van der Waals surface area (Å²) < 4.78 is 0. The average molecular weight is 619 g/mol. The number of aliphatic carboxylic acids is 1. The van der Waals surface area contributed by atoms with Gasteiger partial charge in [0.15, 0.2) is 0 Å². The number of carboxylic acids is 1. The van der Waals surface area contributed by atoms with Crippen LogP contribution in [0.2, 0.25) is 0 Å². The molecule has 0 bridgehead atoms. The van der Waals surface area contributed by atoms with Crippen LogP contribution in [0.4, 0.5) is 17.2 Å². The first-order valence-electron chi connectivity index (χ1n) is 15.8. The van der Waals surface area contributed by atoms with Gasteiger partial charge in [0.1, 0.15) is 5.82 Å². The Hall–Kier alpha value is -5.25. The van der Waals surface area contributed by atoms with E-state index in [-0.39, 0.29) is 37.2 Å². The molecule has 3 heterocycles. The standard InChI is InChI=1S/C36H38N6O4/c43-34(44)14-17-42(36(46)30-10-5-15-37-24-30)25-26-6-3-9-28(22-26)29-12-13-32(31(23-29)39-35(45)27-7-4-8-27)40-18-20-41(21-19-40)33-11-1-2-16-38-33/h1-3,5-6,9-13,15-16,22-24,27H,4,7-8,14,17-21,25H2,(H,39,45)(H,43,44). The van der Waals surface area contributed by atoms with Gasteiger partial charge < -0.3 is 25.1 Å². The average Bonchev–Trinajstić information content (AvgIpc) is 3.06. The molecule has 236 valence electrons. The van der Waals surface area contributed by atoms with E-state index < -0.39 is 5.97 Å². The SMILES string of the molecule is O=C(O)CCN(Cc1cccc(-c2ccc(N3CCN(c4ccccn4)CC3)c(NC(=O)C3CCC3)c2)c1)C(=O)c1cccnc1. The smallest absolute Gasteiger partial charge is 0.305 e. The van der Waals surface area contributed by atoms with Crippen LogP contribution in [-0.4, -0.2) is 70.5 Å². The predicted octanol–water partition coefficient (Wildman–Crippen LogP) is 5.33. The zero-order chi connectivity index (χ0) is 31.9. The minimum Gasteiger partial charge on any atom is -0.481 e. The molecular formula is C36H38N6O4. The molecule has 1 saturated heterocycles. The molecule has 1 aliphatic heterocycles. The lowest BCUT2D eigenvalue weighted by Crippen LogP contribution is -2.47.